The molecule has 1 atom stereocenters. The molecule has 0 aromatic heterocycles. The van der Waals surface area contributed by atoms with Crippen LogP contribution in [0.1, 0.15) is 25.7 Å². The molecule has 7 heteroatoms. The fraction of sp³-hybridized carbons (Fsp3) is 0.917. The molecule has 0 aromatic rings. The van der Waals surface area contributed by atoms with Crippen molar-refractivity contribution in [3.8, 4) is 0 Å². The third-order valence-electron chi connectivity index (χ3n) is 3.06. The smallest absolute Gasteiger partial charge is 0.372 e. The van der Waals surface area contributed by atoms with Gasteiger partial charge in [0.25, 0.3) is 0 Å². The molecule has 1 saturated heterocycles. The Morgan fingerprint density at radius 3 is 2.74 bits per heavy atom. The number of halogens is 3. The maximum absolute atomic E-state index is 11.8. The molecule has 0 aliphatic carbocycles. The van der Waals surface area contributed by atoms with Crippen molar-refractivity contribution >= 4 is 5.91 Å². The zero-order valence-electron chi connectivity index (χ0n) is 11.1. The highest BCUT2D eigenvalue weighted by Gasteiger charge is 2.27. The molecule has 0 radical (unpaired) electrons. The maximum Gasteiger partial charge on any atom is 0.411 e. The zero-order chi connectivity index (χ0) is 14.3. The number of amides is 1. The second kappa shape index (κ2) is 7.69. The van der Waals surface area contributed by atoms with Crippen molar-refractivity contribution in [2.45, 2.75) is 37.9 Å². The van der Waals surface area contributed by atoms with E-state index in [2.05, 4.69) is 10.1 Å². The maximum atomic E-state index is 11.8. The lowest BCUT2D eigenvalue weighted by Gasteiger charge is -2.28. The van der Waals surface area contributed by atoms with Crippen LogP contribution in [0, 0.1) is 0 Å². The standard InChI is InChI=1S/C12H21F3N2O2/c1-17(8-10-4-2-3-6-16-10)11(18)5-7-19-9-12(13,14)15/h10,16H,2-9H2,1H3. The van der Waals surface area contributed by atoms with E-state index < -0.39 is 12.8 Å². The molecule has 1 N–H and O–H groups in total. The second-order valence-corrected chi connectivity index (χ2v) is 4.84. The number of hydrogen-bond acceptors (Lipinski definition) is 3. The molecular weight excluding hydrogens is 261 g/mol. The number of nitrogens with one attached hydrogen (secondary N) is 1. The first-order valence-corrected chi connectivity index (χ1v) is 6.50. The molecule has 1 aliphatic heterocycles. The van der Waals surface area contributed by atoms with Crippen molar-refractivity contribution in [1.29, 1.82) is 0 Å². The van der Waals surface area contributed by atoms with Gasteiger partial charge in [-0.1, -0.05) is 6.42 Å². The molecule has 1 amide bonds. The van der Waals surface area contributed by atoms with Crippen LogP contribution in [-0.2, 0) is 9.53 Å². The summed E-state index contributed by atoms with van der Waals surface area (Å²) in [4.78, 5) is 13.2. The van der Waals surface area contributed by atoms with Gasteiger partial charge in [-0.25, -0.2) is 0 Å². The van der Waals surface area contributed by atoms with E-state index in [-0.39, 0.29) is 18.9 Å². The van der Waals surface area contributed by atoms with Crippen molar-refractivity contribution in [2.75, 3.05) is 33.4 Å². The van der Waals surface area contributed by atoms with Crippen molar-refractivity contribution in [3.63, 3.8) is 0 Å². The van der Waals surface area contributed by atoms with Gasteiger partial charge in [-0.2, -0.15) is 13.2 Å². The Morgan fingerprint density at radius 1 is 1.42 bits per heavy atom. The average Bonchev–Trinajstić information content (AvgIpc) is 2.34. The highest BCUT2D eigenvalue weighted by molar-refractivity contribution is 5.75. The Labute approximate surface area is 111 Å². The predicted molar refractivity (Wildman–Crippen MR) is 64.8 cm³/mol. The molecule has 0 bridgehead atoms. The fourth-order valence-corrected chi connectivity index (χ4v) is 2.05. The van der Waals surface area contributed by atoms with Crippen molar-refractivity contribution in [2.24, 2.45) is 0 Å². The lowest BCUT2D eigenvalue weighted by molar-refractivity contribution is -0.175. The predicted octanol–water partition coefficient (Wildman–Crippen LogP) is 1.56. The molecule has 1 fully saturated rings. The zero-order valence-corrected chi connectivity index (χ0v) is 11.1. The summed E-state index contributed by atoms with van der Waals surface area (Å²) in [7, 11) is 1.67. The lowest BCUT2D eigenvalue weighted by atomic mass is 10.0. The Bertz CT molecular complexity index is 279. The number of rotatable bonds is 6. The molecule has 0 spiro atoms. The van der Waals surface area contributed by atoms with Crippen molar-refractivity contribution < 1.29 is 22.7 Å². The van der Waals surface area contributed by atoms with Gasteiger partial charge in [-0.15, -0.1) is 0 Å². The van der Waals surface area contributed by atoms with Gasteiger partial charge in [0.15, 0.2) is 0 Å². The second-order valence-electron chi connectivity index (χ2n) is 4.84. The minimum atomic E-state index is -4.33. The number of carbonyl (C=O) groups excluding carboxylic acids is 1. The van der Waals surface area contributed by atoms with E-state index in [9.17, 15) is 18.0 Å². The van der Waals surface area contributed by atoms with Gasteiger partial charge in [0, 0.05) is 19.6 Å². The summed E-state index contributed by atoms with van der Waals surface area (Å²) >= 11 is 0. The van der Waals surface area contributed by atoms with Gasteiger partial charge in [0.05, 0.1) is 13.0 Å². The quantitative estimate of drug-likeness (QED) is 0.752. The number of ether oxygens (including phenoxy) is 1. The summed E-state index contributed by atoms with van der Waals surface area (Å²) in [6.45, 7) is 0.0639. The summed E-state index contributed by atoms with van der Waals surface area (Å²) in [6, 6.07) is 0.291. The Morgan fingerprint density at radius 2 is 2.16 bits per heavy atom. The average molecular weight is 282 g/mol. The first-order chi connectivity index (χ1) is 8.88. The van der Waals surface area contributed by atoms with Crippen LogP contribution >= 0.6 is 0 Å². The van der Waals surface area contributed by atoms with E-state index in [0.717, 1.165) is 25.8 Å². The van der Waals surface area contributed by atoms with Crippen LogP contribution in [0.25, 0.3) is 0 Å². The van der Waals surface area contributed by atoms with E-state index in [1.807, 2.05) is 0 Å². The third kappa shape index (κ3) is 7.37. The topological polar surface area (TPSA) is 41.6 Å². The molecule has 112 valence electrons. The summed E-state index contributed by atoms with van der Waals surface area (Å²) in [5, 5.41) is 3.32. The SMILES string of the molecule is CN(CC1CCCCN1)C(=O)CCOCC(F)(F)F. The number of nitrogens with zero attached hydrogens (tertiary/aromatic N) is 1. The largest absolute Gasteiger partial charge is 0.411 e. The van der Waals surface area contributed by atoms with Crippen molar-refractivity contribution in [1.82, 2.24) is 10.2 Å². The molecular formula is C12H21F3N2O2. The van der Waals surface area contributed by atoms with E-state index in [1.165, 1.54) is 0 Å². The van der Waals surface area contributed by atoms with Gasteiger partial charge < -0.3 is 15.0 Å². The number of piperidine rings is 1. The summed E-state index contributed by atoms with van der Waals surface area (Å²) in [5.41, 5.74) is 0. The first-order valence-electron chi connectivity index (χ1n) is 6.50. The van der Waals surface area contributed by atoms with Crippen LogP contribution in [0.2, 0.25) is 0 Å². The fourth-order valence-electron chi connectivity index (χ4n) is 2.05. The number of hydrogen-bond donors (Lipinski definition) is 1. The Hall–Kier alpha value is -0.820. The van der Waals surface area contributed by atoms with E-state index in [0.29, 0.717) is 12.6 Å². The molecule has 19 heavy (non-hydrogen) atoms. The molecule has 1 unspecified atom stereocenters. The molecule has 1 aliphatic rings. The summed E-state index contributed by atoms with van der Waals surface area (Å²) < 4.78 is 39.9. The van der Waals surface area contributed by atoms with Crippen LogP contribution < -0.4 is 5.32 Å². The van der Waals surface area contributed by atoms with Crippen molar-refractivity contribution in [3.05, 3.63) is 0 Å². The number of likely N-dealkylation sites (N-methyl/N-ethyl adjacent to an activating group) is 1. The van der Waals surface area contributed by atoms with Gasteiger partial charge in [0.1, 0.15) is 6.61 Å². The molecule has 0 saturated carbocycles. The minimum Gasteiger partial charge on any atom is -0.372 e. The van der Waals surface area contributed by atoms with Gasteiger partial charge in [-0.05, 0) is 19.4 Å². The van der Waals surface area contributed by atoms with E-state index in [4.69, 9.17) is 0 Å². The highest BCUT2D eigenvalue weighted by atomic mass is 19.4. The monoisotopic (exact) mass is 282 g/mol. The van der Waals surface area contributed by atoms with Crippen LogP contribution in [-0.4, -0.2) is 56.4 Å². The Kier molecular flexibility index (Phi) is 6.57. The minimum absolute atomic E-state index is 0.0146. The summed E-state index contributed by atoms with van der Waals surface area (Å²) in [6.07, 6.45) is -1.02. The number of carbonyl (C=O) groups is 1. The van der Waals surface area contributed by atoms with Crippen LogP contribution in [0.4, 0.5) is 13.2 Å². The molecule has 4 nitrogen and oxygen atoms in total. The molecule has 1 heterocycles. The van der Waals surface area contributed by atoms with Gasteiger partial charge in [-0.3, -0.25) is 4.79 Å². The lowest BCUT2D eigenvalue weighted by Crippen LogP contribution is -2.44. The van der Waals surface area contributed by atoms with Gasteiger partial charge >= 0.3 is 6.18 Å². The molecule has 1 rings (SSSR count). The van der Waals surface area contributed by atoms with E-state index >= 15 is 0 Å². The van der Waals surface area contributed by atoms with Crippen LogP contribution in [0.3, 0.4) is 0 Å². The third-order valence-corrected chi connectivity index (χ3v) is 3.06. The van der Waals surface area contributed by atoms with E-state index in [1.54, 1.807) is 11.9 Å². The van der Waals surface area contributed by atoms with Crippen LogP contribution in [0.5, 0.6) is 0 Å². The highest BCUT2D eigenvalue weighted by Crippen LogP contribution is 2.14. The molecule has 0 aromatic carbocycles. The number of alkyl halides is 3. The summed E-state index contributed by atoms with van der Waals surface area (Å²) in [5.74, 6) is -0.186. The van der Waals surface area contributed by atoms with Gasteiger partial charge in [0.2, 0.25) is 5.91 Å². The van der Waals surface area contributed by atoms with Crippen LogP contribution in [0.15, 0.2) is 0 Å². The Balaban J connectivity index is 2.14. The normalized spacial score (nSPS) is 20.3. The first kappa shape index (κ1) is 16.2.